The van der Waals surface area contributed by atoms with Crippen LogP contribution in [0.25, 0.3) is 0 Å². The molecule has 0 saturated carbocycles. The number of benzene rings is 2. The molecule has 0 spiro atoms. The number of carbonyl (C=O) groups excluding carboxylic acids is 3. The lowest BCUT2D eigenvalue weighted by Gasteiger charge is -2.32. The minimum absolute atomic E-state index is 0.204. The van der Waals surface area contributed by atoms with Crippen LogP contribution in [0.5, 0.6) is 0 Å². The molecule has 2 heterocycles. The SMILES string of the molecule is CCC[C@]1(C(=O)OCC)N[C@@H](c2ccc(N(C)C)cc2)[C@H]2C(=O)N(c3ccccc3)C(=O)[C@@H]21. The molecule has 33 heavy (non-hydrogen) atoms. The van der Waals surface area contributed by atoms with E-state index >= 15 is 0 Å². The Kier molecular flexibility index (Phi) is 6.26. The number of hydrogen-bond acceptors (Lipinski definition) is 6. The minimum Gasteiger partial charge on any atom is -0.465 e. The summed E-state index contributed by atoms with van der Waals surface area (Å²) in [6, 6.07) is 16.3. The normalized spacial score (nSPS) is 26.4. The molecule has 2 aromatic rings. The van der Waals surface area contributed by atoms with Gasteiger partial charge in [-0.05, 0) is 43.2 Å². The summed E-state index contributed by atoms with van der Waals surface area (Å²) >= 11 is 0. The van der Waals surface area contributed by atoms with Gasteiger partial charge in [-0.1, -0.05) is 43.7 Å². The summed E-state index contributed by atoms with van der Waals surface area (Å²) in [4.78, 5) is 44.1. The van der Waals surface area contributed by atoms with Crippen LogP contribution in [0.3, 0.4) is 0 Å². The number of ether oxygens (including phenoxy) is 1. The van der Waals surface area contributed by atoms with E-state index in [1.807, 2.05) is 56.3 Å². The summed E-state index contributed by atoms with van der Waals surface area (Å²) in [6.07, 6.45) is 1.06. The average molecular weight is 450 g/mol. The molecule has 0 bridgehead atoms. The molecule has 1 N–H and O–H groups in total. The molecule has 0 aromatic heterocycles. The number of hydrogen-bond donors (Lipinski definition) is 1. The Morgan fingerprint density at radius 3 is 2.27 bits per heavy atom. The summed E-state index contributed by atoms with van der Waals surface area (Å²) in [5, 5.41) is 3.43. The molecule has 174 valence electrons. The van der Waals surface area contributed by atoms with Crippen molar-refractivity contribution in [1.29, 1.82) is 0 Å². The highest BCUT2D eigenvalue weighted by Gasteiger charge is 2.68. The van der Waals surface area contributed by atoms with E-state index in [0.29, 0.717) is 18.5 Å². The second-order valence-corrected chi connectivity index (χ2v) is 8.90. The Hall–Kier alpha value is -3.19. The van der Waals surface area contributed by atoms with Crippen LogP contribution >= 0.6 is 0 Å². The van der Waals surface area contributed by atoms with Crippen LogP contribution in [-0.2, 0) is 19.1 Å². The van der Waals surface area contributed by atoms with Crippen molar-refractivity contribution in [3.8, 4) is 0 Å². The second-order valence-electron chi connectivity index (χ2n) is 8.90. The number of nitrogens with one attached hydrogen (secondary N) is 1. The van der Waals surface area contributed by atoms with Gasteiger partial charge in [0.2, 0.25) is 11.8 Å². The van der Waals surface area contributed by atoms with Crippen molar-refractivity contribution in [2.45, 2.75) is 38.3 Å². The number of nitrogens with zero attached hydrogens (tertiary/aromatic N) is 2. The average Bonchev–Trinajstić information content (AvgIpc) is 3.29. The molecule has 2 aromatic carbocycles. The molecule has 7 heteroatoms. The van der Waals surface area contributed by atoms with E-state index in [2.05, 4.69) is 5.32 Å². The Balaban J connectivity index is 1.83. The maximum absolute atomic E-state index is 13.8. The second kappa shape index (κ2) is 8.98. The van der Waals surface area contributed by atoms with Gasteiger partial charge in [0, 0.05) is 25.8 Å². The molecule has 2 aliphatic heterocycles. The third-order valence-electron chi connectivity index (χ3n) is 6.72. The van der Waals surface area contributed by atoms with E-state index in [1.54, 1.807) is 31.2 Å². The molecule has 7 nitrogen and oxygen atoms in total. The highest BCUT2D eigenvalue weighted by Crippen LogP contribution is 2.51. The first kappa shape index (κ1) is 23.0. The topological polar surface area (TPSA) is 79.0 Å². The van der Waals surface area contributed by atoms with Gasteiger partial charge in [-0.15, -0.1) is 0 Å². The smallest absolute Gasteiger partial charge is 0.327 e. The molecule has 4 rings (SSSR count). The third kappa shape index (κ3) is 3.70. The zero-order valence-corrected chi connectivity index (χ0v) is 19.6. The van der Waals surface area contributed by atoms with Crippen molar-refractivity contribution in [3.63, 3.8) is 0 Å². The first-order chi connectivity index (χ1) is 15.9. The van der Waals surface area contributed by atoms with Gasteiger partial charge < -0.3 is 9.64 Å². The van der Waals surface area contributed by atoms with E-state index in [9.17, 15) is 14.4 Å². The van der Waals surface area contributed by atoms with E-state index in [-0.39, 0.29) is 18.4 Å². The monoisotopic (exact) mass is 449 g/mol. The van der Waals surface area contributed by atoms with Gasteiger partial charge in [-0.3, -0.25) is 19.7 Å². The lowest BCUT2D eigenvalue weighted by atomic mass is 9.77. The van der Waals surface area contributed by atoms with Crippen LogP contribution in [0, 0.1) is 11.8 Å². The van der Waals surface area contributed by atoms with Crippen LogP contribution in [0.1, 0.15) is 38.3 Å². The van der Waals surface area contributed by atoms with Gasteiger partial charge >= 0.3 is 5.97 Å². The summed E-state index contributed by atoms with van der Waals surface area (Å²) in [5.74, 6) is -2.63. The summed E-state index contributed by atoms with van der Waals surface area (Å²) < 4.78 is 5.46. The molecular formula is C26H31N3O4. The fourth-order valence-electron chi connectivity index (χ4n) is 5.27. The number of fused-ring (bicyclic) bond motifs is 1. The molecule has 2 aliphatic rings. The lowest BCUT2D eigenvalue weighted by molar-refractivity contribution is -0.155. The number of esters is 1. The molecule has 2 saturated heterocycles. The van der Waals surface area contributed by atoms with Crippen molar-refractivity contribution in [3.05, 3.63) is 60.2 Å². The van der Waals surface area contributed by atoms with E-state index in [0.717, 1.165) is 11.3 Å². The first-order valence-corrected chi connectivity index (χ1v) is 11.5. The quantitative estimate of drug-likeness (QED) is 0.516. The van der Waals surface area contributed by atoms with Gasteiger partial charge in [0.25, 0.3) is 0 Å². The molecular weight excluding hydrogens is 418 g/mol. The van der Waals surface area contributed by atoms with E-state index in [1.165, 1.54) is 4.90 Å². The first-order valence-electron chi connectivity index (χ1n) is 11.5. The number of imide groups is 1. The Morgan fingerprint density at radius 1 is 1.03 bits per heavy atom. The molecule has 2 fully saturated rings. The van der Waals surface area contributed by atoms with Crippen molar-refractivity contribution in [2.24, 2.45) is 11.8 Å². The van der Waals surface area contributed by atoms with Crippen LogP contribution in [0.15, 0.2) is 54.6 Å². The highest BCUT2D eigenvalue weighted by atomic mass is 16.5. The predicted molar refractivity (Wildman–Crippen MR) is 127 cm³/mol. The van der Waals surface area contributed by atoms with Crippen LogP contribution in [0.4, 0.5) is 11.4 Å². The van der Waals surface area contributed by atoms with Gasteiger partial charge in [0.15, 0.2) is 0 Å². The van der Waals surface area contributed by atoms with Gasteiger partial charge in [0.1, 0.15) is 5.54 Å². The van der Waals surface area contributed by atoms with Crippen molar-refractivity contribution in [2.75, 3.05) is 30.5 Å². The summed E-state index contributed by atoms with van der Waals surface area (Å²) in [5.41, 5.74) is 1.17. The largest absolute Gasteiger partial charge is 0.465 e. The molecule has 0 aliphatic carbocycles. The highest BCUT2D eigenvalue weighted by molar-refractivity contribution is 6.24. The number of amides is 2. The van der Waals surface area contributed by atoms with Gasteiger partial charge in [0.05, 0.1) is 24.1 Å². The zero-order valence-electron chi connectivity index (χ0n) is 19.6. The standard InChI is InChI=1S/C26H31N3O4/c1-5-16-26(25(32)33-6-2)21-20(22(27-26)17-12-14-18(15-13-17)28(3)4)23(30)29(24(21)31)19-10-8-7-9-11-19/h7-15,20-22,27H,5-6,16H2,1-4H3/t20-,21+,22-,26-/m0/s1. The molecule has 0 radical (unpaired) electrons. The van der Waals surface area contributed by atoms with E-state index in [4.69, 9.17) is 4.74 Å². The van der Waals surface area contributed by atoms with Gasteiger partial charge in [-0.25, -0.2) is 4.90 Å². The molecule has 2 amide bonds. The fraction of sp³-hybridized carbons (Fsp3) is 0.423. The Bertz CT molecular complexity index is 1040. The maximum Gasteiger partial charge on any atom is 0.327 e. The van der Waals surface area contributed by atoms with Gasteiger partial charge in [-0.2, -0.15) is 0 Å². The summed E-state index contributed by atoms with van der Waals surface area (Å²) in [6.45, 7) is 3.92. The van der Waals surface area contributed by atoms with E-state index < -0.39 is 29.4 Å². The third-order valence-corrected chi connectivity index (χ3v) is 6.72. The van der Waals surface area contributed by atoms with Crippen LogP contribution < -0.4 is 15.1 Å². The number of anilines is 2. The minimum atomic E-state index is -1.25. The maximum atomic E-state index is 13.8. The molecule has 0 unspecified atom stereocenters. The number of carbonyl (C=O) groups is 3. The van der Waals surface area contributed by atoms with Crippen molar-refractivity contribution >= 4 is 29.2 Å². The predicted octanol–water partition coefficient (Wildman–Crippen LogP) is 3.30. The molecule has 4 atom stereocenters. The summed E-state index contributed by atoms with van der Waals surface area (Å²) in [7, 11) is 3.92. The number of rotatable bonds is 7. The lowest BCUT2D eigenvalue weighted by Crippen LogP contribution is -2.56. The number of para-hydroxylation sites is 1. The Labute approximate surface area is 194 Å². The van der Waals surface area contributed by atoms with Crippen molar-refractivity contribution in [1.82, 2.24) is 5.32 Å². The Morgan fingerprint density at radius 2 is 1.70 bits per heavy atom. The van der Waals surface area contributed by atoms with Crippen molar-refractivity contribution < 1.29 is 19.1 Å². The van der Waals surface area contributed by atoms with Crippen LogP contribution in [0.2, 0.25) is 0 Å². The fourth-order valence-corrected chi connectivity index (χ4v) is 5.27. The zero-order chi connectivity index (χ0) is 23.8. The van der Waals surface area contributed by atoms with Crippen LogP contribution in [-0.4, -0.2) is 44.0 Å².